The van der Waals surface area contributed by atoms with Crippen LogP contribution < -0.4 is 0 Å². The van der Waals surface area contributed by atoms with E-state index >= 15 is 0 Å². The second-order valence-corrected chi connectivity index (χ2v) is 7.10. The van der Waals surface area contributed by atoms with Gasteiger partial charge in [0.15, 0.2) is 0 Å². The Kier molecular flexibility index (Phi) is 4.49. The van der Waals surface area contributed by atoms with E-state index in [0.717, 1.165) is 11.1 Å². The summed E-state index contributed by atoms with van der Waals surface area (Å²) in [6, 6.07) is 22.8. The van der Waals surface area contributed by atoms with Gasteiger partial charge in [0.2, 0.25) is 6.19 Å². The van der Waals surface area contributed by atoms with Gasteiger partial charge in [-0.2, -0.15) is 20.8 Å². The summed E-state index contributed by atoms with van der Waals surface area (Å²) < 4.78 is 0. The van der Waals surface area contributed by atoms with Crippen molar-refractivity contribution in [3.8, 4) is 52.0 Å². The number of benzene rings is 2. The second-order valence-electron chi connectivity index (χ2n) is 7.10. The molecular weight excluding hydrogens is 396 g/mol. The first-order valence-electron chi connectivity index (χ1n) is 9.72. The lowest BCUT2D eigenvalue weighted by Gasteiger charge is -2.09. The maximum absolute atomic E-state index is 9.79. The fourth-order valence-corrected chi connectivity index (χ4v) is 4.01. The minimum atomic E-state index is 0.436. The quantitative estimate of drug-likeness (QED) is 0.388. The Morgan fingerprint density at radius 2 is 1.09 bits per heavy atom. The van der Waals surface area contributed by atoms with Crippen LogP contribution in [0.25, 0.3) is 33.6 Å². The molecule has 0 N–H and O–H groups in total. The van der Waals surface area contributed by atoms with Crippen LogP contribution in [0.3, 0.4) is 0 Å². The summed E-state index contributed by atoms with van der Waals surface area (Å²) in [6.07, 6.45) is 5.21. The van der Waals surface area contributed by atoms with E-state index in [1.165, 1.54) is 0 Å². The maximum atomic E-state index is 9.79. The van der Waals surface area contributed by atoms with Crippen LogP contribution in [-0.4, -0.2) is 15.7 Å². The van der Waals surface area contributed by atoms with Crippen LogP contribution in [0.4, 0.5) is 0 Å². The first-order chi connectivity index (χ1) is 15.7. The largest absolute Gasteiger partial charge is 0.256 e. The highest BCUT2D eigenvalue weighted by Gasteiger charge is 2.29. The van der Waals surface area contributed by atoms with E-state index in [1.807, 2.05) is 54.7 Å². The van der Waals surface area contributed by atoms with E-state index in [-0.39, 0.29) is 0 Å². The highest BCUT2D eigenvalue weighted by Crippen LogP contribution is 2.43. The van der Waals surface area contributed by atoms with Crippen LogP contribution >= 0.6 is 0 Å². The summed E-state index contributed by atoms with van der Waals surface area (Å²) in [5.41, 5.74) is 7.09. The molecular formula is C26H12N6. The Hall–Kier alpha value is -5.12. The van der Waals surface area contributed by atoms with Crippen molar-refractivity contribution in [2.24, 2.45) is 4.99 Å². The SMILES string of the molecule is N#CN=C1c2cc(C#N)c(-c3ccccn3)cc2-c2cc(-c3ccccn3)c(C#N)cc21. The first kappa shape index (κ1) is 18.9. The summed E-state index contributed by atoms with van der Waals surface area (Å²) in [6.45, 7) is 0. The van der Waals surface area contributed by atoms with E-state index in [4.69, 9.17) is 0 Å². The Bertz CT molecular complexity index is 1420. The zero-order chi connectivity index (χ0) is 22.1. The van der Waals surface area contributed by atoms with Gasteiger partial charge in [0.05, 0.1) is 40.4 Å². The molecule has 32 heavy (non-hydrogen) atoms. The van der Waals surface area contributed by atoms with E-state index in [0.29, 0.717) is 50.5 Å². The van der Waals surface area contributed by atoms with Gasteiger partial charge in [-0.25, -0.2) is 0 Å². The minimum Gasteiger partial charge on any atom is -0.256 e. The molecule has 2 aromatic carbocycles. The van der Waals surface area contributed by atoms with Gasteiger partial charge in [-0.3, -0.25) is 9.97 Å². The minimum absolute atomic E-state index is 0.436. The fourth-order valence-electron chi connectivity index (χ4n) is 4.01. The van der Waals surface area contributed by atoms with Crippen molar-refractivity contribution in [2.45, 2.75) is 0 Å². The fraction of sp³-hybridized carbons (Fsp3) is 0. The topological polar surface area (TPSA) is 110 Å². The monoisotopic (exact) mass is 408 g/mol. The lowest BCUT2D eigenvalue weighted by Crippen LogP contribution is -2.00. The van der Waals surface area contributed by atoms with Crippen molar-refractivity contribution in [3.05, 3.63) is 95.3 Å². The zero-order valence-corrected chi connectivity index (χ0v) is 16.6. The summed E-state index contributed by atoms with van der Waals surface area (Å²) in [5.74, 6) is 0. The number of hydrogen-bond donors (Lipinski definition) is 0. The number of hydrogen-bond acceptors (Lipinski definition) is 6. The van der Waals surface area contributed by atoms with Crippen molar-refractivity contribution in [3.63, 3.8) is 0 Å². The maximum Gasteiger partial charge on any atom is 0.206 e. The molecule has 6 heteroatoms. The number of nitrogens with zero attached hydrogens (tertiary/aromatic N) is 6. The molecule has 1 aliphatic rings. The molecule has 2 heterocycles. The molecule has 4 aromatic rings. The van der Waals surface area contributed by atoms with E-state index < -0.39 is 0 Å². The standard InChI is InChI=1S/C26H12N6/c27-13-16-9-22-20(11-18(16)24-5-1-3-7-30-24)21-12-19(25-6-2-4-8-31-25)17(14-28)10-23(21)26(22)32-15-29/h1-12H. The predicted molar refractivity (Wildman–Crippen MR) is 119 cm³/mol. The molecule has 0 amide bonds. The Balaban J connectivity index is 1.83. The third kappa shape index (κ3) is 2.91. The van der Waals surface area contributed by atoms with Gasteiger partial charge in [0.1, 0.15) is 0 Å². The zero-order valence-electron chi connectivity index (χ0n) is 16.6. The Labute approximate surface area is 184 Å². The second kappa shape index (κ2) is 7.61. The third-order valence-electron chi connectivity index (χ3n) is 5.40. The molecule has 1 aliphatic carbocycles. The van der Waals surface area contributed by atoms with Crippen LogP contribution in [0.15, 0.2) is 78.0 Å². The van der Waals surface area contributed by atoms with Gasteiger partial charge >= 0.3 is 0 Å². The summed E-state index contributed by atoms with van der Waals surface area (Å²) in [7, 11) is 0. The molecule has 0 saturated carbocycles. The van der Waals surface area contributed by atoms with Crippen LogP contribution in [0.1, 0.15) is 22.3 Å². The normalized spacial score (nSPS) is 11.0. The van der Waals surface area contributed by atoms with Crippen LogP contribution in [0, 0.1) is 34.1 Å². The summed E-state index contributed by atoms with van der Waals surface area (Å²) in [4.78, 5) is 12.8. The van der Waals surface area contributed by atoms with Crippen molar-refractivity contribution < 1.29 is 0 Å². The lowest BCUT2D eigenvalue weighted by molar-refractivity contribution is 1.31. The van der Waals surface area contributed by atoms with Crippen LogP contribution in [0.2, 0.25) is 0 Å². The average molecular weight is 408 g/mol. The van der Waals surface area contributed by atoms with Gasteiger partial charge in [-0.15, -0.1) is 0 Å². The molecule has 0 spiro atoms. The molecule has 0 radical (unpaired) electrons. The smallest absolute Gasteiger partial charge is 0.206 e. The van der Waals surface area contributed by atoms with E-state index in [9.17, 15) is 15.8 Å². The molecule has 6 nitrogen and oxygen atoms in total. The van der Waals surface area contributed by atoms with Gasteiger partial charge in [0, 0.05) is 34.6 Å². The average Bonchev–Trinajstić information content (AvgIpc) is 3.15. The Morgan fingerprint density at radius 1 is 0.594 bits per heavy atom. The van der Waals surface area contributed by atoms with E-state index in [1.54, 1.807) is 24.5 Å². The van der Waals surface area contributed by atoms with Crippen molar-refractivity contribution in [1.29, 1.82) is 15.8 Å². The van der Waals surface area contributed by atoms with Crippen LogP contribution in [0.5, 0.6) is 0 Å². The van der Waals surface area contributed by atoms with Crippen molar-refractivity contribution in [2.75, 3.05) is 0 Å². The molecule has 0 unspecified atom stereocenters. The number of aromatic nitrogens is 2. The van der Waals surface area contributed by atoms with Gasteiger partial charge in [-0.05, 0) is 59.7 Å². The number of rotatable bonds is 2. The third-order valence-corrected chi connectivity index (χ3v) is 5.40. The lowest BCUT2D eigenvalue weighted by atomic mass is 9.94. The van der Waals surface area contributed by atoms with Crippen molar-refractivity contribution >= 4 is 5.71 Å². The number of pyridine rings is 2. The molecule has 5 rings (SSSR count). The summed E-state index contributed by atoms with van der Waals surface area (Å²) >= 11 is 0. The van der Waals surface area contributed by atoms with Crippen LogP contribution in [-0.2, 0) is 0 Å². The molecule has 0 fully saturated rings. The summed E-state index contributed by atoms with van der Waals surface area (Å²) in [5, 5.41) is 28.9. The van der Waals surface area contributed by atoms with Gasteiger partial charge < -0.3 is 0 Å². The molecule has 0 aliphatic heterocycles. The molecule has 2 aromatic heterocycles. The van der Waals surface area contributed by atoms with Crippen molar-refractivity contribution in [1.82, 2.24) is 9.97 Å². The van der Waals surface area contributed by atoms with Gasteiger partial charge in [0.25, 0.3) is 0 Å². The first-order valence-corrected chi connectivity index (χ1v) is 9.72. The number of aliphatic imine (C=N–C) groups is 1. The molecule has 0 atom stereocenters. The Morgan fingerprint density at radius 3 is 1.47 bits per heavy atom. The van der Waals surface area contributed by atoms with Gasteiger partial charge in [-0.1, -0.05) is 12.1 Å². The predicted octanol–water partition coefficient (Wildman–Crippen LogP) is 4.85. The van der Waals surface area contributed by atoms with E-state index in [2.05, 4.69) is 27.1 Å². The number of fused-ring (bicyclic) bond motifs is 3. The number of nitriles is 3. The highest BCUT2D eigenvalue weighted by molar-refractivity contribution is 6.25. The molecule has 0 saturated heterocycles. The molecule has 146 valence electrons. The molecule has 0 bridgehead atoms. The highest BCUT2D eigenvalue weighted by atomic mass is 14.7.